The smallest absolute Gasteiger partial charge is 0.334 e. The molecule has 2 N–H and O–H groups in total. The lowest BCUT2D eigenvalue weighted by Gasteiger charge is -2.15. The zero-order valence-electron chi connectivity index (χ0n) is 9.60. The van der Waals surface area contributed by atoms with Crippen LogP contribution >= 0.6 is 23.1 Å². The second-order valence-corrected chi connectivity index (χ2v) is 5.71. The van der Waals surface area contributed by atoms with Gasteiger partial charge in [0.2, 0.25) is 0 Å². The molecule has 2 rings (SSSR count). The predicted molar refractivity (Wildman–Crippen MR) is 69.4 cm³/mol. The number of hydrogen-bond donors (Lipinski definition) is 1. The highest BCUT2D eigenvalue weighted by Gasteiger charge is 2.40. The Balaban J connectivity index is 2.24. The van der Waals surface area contributed by atoms with E-state index in [0.717, 1.165) is 15.7 Å². The number of aliphatic imine (C=N–C) groups is 1. The van der Waals surface area contributed by atoms with Gasteiger partial charge in [0.15, 0.2) is 5.54 Å². The van der Waals surface area contributed by atoms with Crippen molar-refractivity contribution >= 4 is 34.1 Å². The van der Waals surface area contributed by atoms with Gasteiger partial charge in [0.05, 0.1) is 7.11 Å². The summed E-state index contributed by atoms with van der Waals surface area (Å²) in [6.45, 7) is 2.20. The lowest BCUT2D eigenvalue weighted by atomic mass is 10.1. The number of nitrogens with two attached hydrogens (primary N) is 1. The number of esters is 1. The number of ether oxygens (including phenoxy) is 1. The Labute approximate surface area is 107 Å². The van der Waals surface area contributed by atoms with Crippen LogP contribution in [0.1, 0.15) is 17.6 Å². The average molecular weight is 271 g/mol. The molecule has 0 bridgehead atoms. The van der Waals surface area contributed by atoms with Gasteiger partial charge in [-0.1, -0.05) is 0 Å². The van der Waals surface area contributed by atoms with Crippen molar-refractivity contribution in [3.05, 3.63) is 16.1 Å². The second kappa shape index (κ2) is 4.75. The van der Waals surface area contributed by atoms with E-state index >= 15 is 0 Å². The largest absolute Gasteiger partial charge is 0.467 e. The van der Waals surface area contributed by atoms with E-state index in [1.165, 1.54) is 30.2 Å². The highest BCUT2D eigenvalue weighted by Crippen LogP contribution is 2.32. The SMILES string of the molecule is COC(=O)[C@]1(C)CSC(c2csc(CN)n2)=N1. The summed E-state index contributed by atoms with van der Waals surface area (Å²) < 4.78 is 4.75. The monoisotopic (exact) mass is 271 g/mol. The van der Waals surface area contributed by atoms with Crippen molar-refractivity contribution in [2.24, 2.45) is 10.7 Å². The van der Waals surface area contributed by atoms with Gasteiger partial charge in [-0.05, 0) is 6.92 Å². The summed E-state index contributed by atoms with van der Waals surface area (Å²) in [7, 11) is 1.38. The van der Waals surface area contributed by atoms with E-state index in [2.05, 4.69) is 9.98 Å². The molecule has 0 amide bonds. The highest BCUT2D eigenvalue weighted by atomic mass is 32.2. The zero-order valence-corrected chi connectivity index (χ0v) is 11.2. The Morgan fingerprint density at radius 3 is 3.06 bits per heavy atom. The van der Waals surface area contributed by atoms with E-state index in [-0.39, 0.29) is 5.97 Å². The first kappa shape index (κ1) is 12.5. The summed E-state index contributed by atoms with van der Waals surface area (Å²) in [5.41, 5.74) is 5.52. The minimum absolute atomic E-state index is 0.311. The van der Waals surface area contributed by atoms with Crippen LogP contribution in [0.5, 0.6) is 0 Å². The van der Waals surface area contributed by atoms with Gasteiger partial charge in [-0.2, -0.15) is 0 Å². The molecular formula is C10H13N3O2S2. The molecule has 17 heavy (non-hydrogen) atoms. The maximum absolute atomic E-state index is 11.6. The lowest BCUT2D eigenvalue weighted by Crippen LogP contribution is -2.34. The van der Waals surface area contributed by atoms with Crippen molar-refractivity contribution < 1.29 is 9.53 Å². The van der Waals surface area contributed by atoms with E-state index in [1.807, 2.05) is 5.38 Å². The Bertz CT molecular complexity index is 472. The number of rotatable bonds is 3. The fourth-order valence-corrected chi connectivity index (χ4v) is 3.31. The lowest BCUT2D eigenvalue weighted by molar-refractivity contribution is -0.145. The molecule has 0 saturated heterocycles. The van der Waals surface area contributed by atoms with Crippen molar-refractivity contribution in [2.75, 3.05) is 12.9 Å². The van der Waals surface area contributed by atoms with E-state index in [4.69, 9.17) is 10.5 Å². The van der Waals surface area contributed by atoms with Gasteiger partial charge in [0, 0.05) is 17.7 Å². The van der Waals surface area contributed by atoms with Gasteiger partial charge < -0.3 is 10.5 Å². The maximum atomic E-state index is 11.6. The highest BCUT2D eigenvalue weighted by molar-refractivity contribution is 8.14. The minimum atomic E-state index is -0.790. The fraction of sp³-hybridized carbons (Fsp3) is 0.500. The summed E-state index contributed by atoms with van der Waals surface area (Å²) in [4.78, 5) is 20.4. The van der Waals surface area contributed by atoms with E-state index in [1.54, 1.807) is 6.92 Å². The molecule has 0 aliphatic carbocycles. The topological polar surface area (TPSA) is 77.6 Å². The Morgan fingerprint density at radius 1 is 1.71 bits per heavy atom. The summed E-state index contributed by atoms with van der Waals surface area (Å²) in [5.74, 6) is 0.277. The summed E-state index contributed by atoms with van der Waals surface area (Å²) in [6, 6.07) is 0. The third-order valence-electron chi connectivity index (χ3n) is 2.41. The molecule has 1 atom stereocenters. The number of methoxy groups -OCH3 is 1. The Morgan fingerprint density at radius 2 is 2.47 bits per heavy atom. The third kappa shape index (κ3) is 2.36. The summed E-state index contributed by atoms with van der Waals surface area (Å²) >= 11 is 3.03. The predicted octanol–water partition coefficient (Wildman–Crippen LogP) is 1.03. The molecule has 0 saturated carbocycles. The third-order valence-corrected chi connectivity index (χ3v) is 4.56. The first-order chi connectivity index (χ1) is 8.09. The van der Waals surface area contributed by atoms with Crippen LogP contribution in [0.4, 0.5) is 0 Å². The number of thioether (sulfide) groups is 1. The van der Waals surface area contributed by atoms with Gasteiger partial charge in [-0.3, -0.25) is 4.99 Å². The molecule has 0 radical (unpaired) electrons. The molecule has 5 nitrogen and oxygen atoms in total. The van der Waals surface area contributed by atoms with E-state index in [9.17, 15) is 4.79 Å². The molecule has 0 fully saturated rings. The zero-order chi connectivity index (χ0) is 12.5. The van der Waals surface area contributed by atoms with E-state index in [0.29, 0.717) is 12.3 Å². The maximum Gasteiger partial charge on any atom is 0.334 e. The molecule has 1 aliphatic rings. The summed E-state index contributed by atoms with van der Waals surface area (Å²) in [5, 5.41) is 3.57. The van der Waals surface area contributed by atoms with Gasteiger partial charge >= 0.3 is 5.97 Å². The van der Waals surface area contributed by atoms with Crippen LogP contribution in [0.2, 0.25) is 0 Å². The van der Waals surface area contributed by atoms with Crippen LogP contribution in [-0.2, 0) is 16.1 Å². The van der Waals surface area contributed by atoms with Crippen molar-refractivity contribution in [3.63, 3.8) is 0 Å². The number of aromatic nitrogens is 1. The molecule has 0 unspecified atom stereocenters. The van der Waals surface area contributed by atoms with Crippen molar-refractivity contribution in [3.8, 4) is 0 Å². The van der Waals surface area contributed by atoms with E-state index < -0.39 is 5.54 Å². The molecule has 0 spiro atoms. The molecule has 1 aromatic heterocycles. The fourth-order valence-electron chi connectivity index (χ4n) is 1.46. The number of hydrogen-bond acceptors (Lipinski definition) is 7. The molecule has 0 aromatic carbocycles. The number of carbonyl (C=O) groups excluding carboxylic acids is 1. The van der Waals surface area contributed by atoms with Crippen molar-refractivity contribution in [1.29, 1.82) is 0 Å². The normalized spacial score (nSPS) is 23.6. The Hall–Kier alpha value is -0.920. The quantitative estimate of drug-likeness (QED) is 0.831. The molecule has 2 heterocycles. The molecular weight excluding hydrogens is 258 g/mol. The first-order valence-corrected chi connectivity index (χ1v) is 6.91. The first-order valence-electron chi connectivity index (χ1n) is 5.05. The van der Waals surface area contributed by atoms with Gasteiger partial charge in [0.25, 0.3) is 0 Å². The van der Waals surface area contributed by atoms with Crippen LogP contribution in [0, 0.1) is 0 Å². The van der Waals surface area contributed by atoms with Crippen LogP contribution in [-0.4, -0.2) is 34.4 Å². The van der Waals surface area contributed by atoms with Crippen LogP contribution in [0.15, 0.2) is 10.4 Å². The number of carbonyl (C=O) groups is 1. The van der Waals surface area contributed by atoms with Crippen LogP contribution in [0.3, 0.4) is 0 Å². The molecule has 1 aromatic rings. The van der Waals surface area contributed by atoms with Crippen molar-refractivity contribution in [1.82, 2.24) is 4.98 Å². The summed E-state index contributed by atoms with van der Waals surface area (Å²) in [6.07, 6.45) is 0. The number of thiazole rings is 1. The van der Waals surface area contributed by atoms with Gasteiger partial charge in [-0.15, -0.1) is 23.1 Å². The average Bonchev–Trinajstić information content (AvgIpc) is 2.94. The van der Waals surface area contributed by atoms with Crippen LogP contribution < -0.4 is 5.73 Å². The Kier molecular flexibility index (Phi) is 3.50. The van der Waals surface area contributed by atoms with Gasteiger partial charge in [0.1, 0.15) is 15.7 Å². The second-order valence-electron chi connectivity index (χ2n) is 3.80. The molecule has 1 aliphatic heterocycles. The molecule has 7 heteroatoms. The standard InChI is InChI=1S/C10H13N3O2S2/c1-10(9(14)15-2)5-17-8(13-10)6-4-16-7(3-11)12-6/h4H,3,5,11H2,1-2H3/t10-/m0/s1. The van der Waals surface area contributed by atoms with Gasteiger partial charge in [-0.25, -0.2) is 9.78 Å². The minimum Gasteiger partial charge on any atom is -0.467 e. The number of nitrogens with zero attached hydrogens (tertiary/aromatic N) is 2. The van der Waals surface area contributed by atoms with Crippen LogP contribution in [0.25, 0.3) is 0 Å². The molecule has 92 valence electrons. The van der Waals surface area contributed by atoms with Crippen molar-refractivity contribution in [2.45, 2.75) is 19.0 Å².